The van der Waals surface area contributed by atoms with Crippen LogP contribution in [0.25, 0.3) is 22.7 Å². The van der Waals surface area contributed by atoms with Gasteiger partial charge in [-0.2, -0.15) is 13.2 Å². The second-order valence-electron chi connectivity index (χ2n) is 12.4. The standard InChI is InChI=1S/C32H29F3N6O6S/c1-46-30(43)40-14-19-11-31(12-19,17-40)29-39-38-27(47-29)21-6-9-26-25(10-21)41(28(42)23(36)16-48(26,44)45)15-18-2-4-20(5-3-18)24-8-7-22(13-37-24)32(33,34)35/h2-10,13,19,23H,11-12,14-17,36H2,1H3/t19?,23-,31?/m0/s1. The minimum Gasteiger partial charge on any atom is -0.453 e. The molecule has 0 spiro atoms. The number of halogens is 3. The van der Waals surface area contributed by atoms with Gasteiger partial charge in [0.15, 0.2) is 9.84 Å². The molecular weight excluding hydrogens is 653 g/mol. The number of nitrogens with two attached hydrogens (primary N) is 1. The van der Waals surface area contributed by atoms with Gasteiger partial charge in [0.2, 0.25) is 17.7 Å². The summed E-state index contributed by atoms with van der Waals surface area (Å²) in [5, 5.41) is 8.53. The maximum Gasteiger partial charge on any atom is 0.417 e. The zero-order valence-electron chi connectivity index (χ0n) is 25.5. The highest BCUT2D eigenvalue weighted by atomic mass is 32.2. The van der Waals surface area contributed by atoms with E-state index in [1.807, 2.05) is 0 Å². The van der Waals surface area contributed by atoms with Crippen molar-refractivity contribution in [1.82, 2.24) is 20.1 Å². The average Bonchev–Trinajstić information content (AvgIpc) is 3.55. The van der Waals surface area contributed by atoms with Crippen LogP contribution in [0.5, 0.6) is 0 Å². The van der Waals surface area contributed by atoms with Gasteiger partial charge >= 0.3 is 12.3 Å². The first-order valence-corrected chi connectivity index (χ1v) is 16.7. The average molecular weight is 683 g/mol. The van der Waals surface area contributed by atoms with E-state index < -0.39 is 50.8 Å². The highest BCUT2D eigenvalue weighted by Gasteiger charge is 2.55. The van der Waals surface area contributed by atoms with E-state index in [2.05, 4.69) is 15.2 Å². The van der Waals surface area contributed by atoms with Crippen molar-refractivity contribution in [2.45, 2.75) is 41.9 Å². The molecule has 2 amide bonds. The number of nitrogens with zero attached hydrogens (tertiary/aromatic N) is 5. The van der Waals surface area contributed by atoms with Crippen LogP contribution in [0.4, 0.5) is 23.7 Å². The fourth-order valence-corrected chi connectivity index (χ4v) is 8.37. The van der Waals surface area contributed by atoms with Crippen molar-refractivity contribution in [2.24, 2.45) is 11.7 Å². The number of ether oxygens (including phenoxy) is 1. The summed E-state index contributed by atoms with van der Waals surface area (Å²) in [6.07, 6.45) is -2.62. The Labute approximate surface area is 272 Å². The number of pyridine rings is 1. The van der Waals surface area contributed by atoms with Crippen LogP contribution in [-0.2, 0) is 37.5 Å². The molecule has 12 nitrogen and oxygen atoms in total. The van der Waals surface area contributed by atoms with Crippen LogP contribution in [0.15, 0.2) is 70.1 Å². The Kier molecular flexibility index (Phi) is 7.54. The smallest absolute Gasteiger partial charge is 0.417 e. The lowest BCUT2D eigenvalue weighted by molar-refractivity contribution is -0.137. The van der Waals surface area contributed by atoms with Crippen LogP contribution in [0.1, 0.15) is 29.9 Å². The molecule has 2 aromatic heterocycles. The van der Waals surface area contributed by atoms with Crippen LogP contribution >= 0.6 is 0 Å². The van der Waals surface area contributed by atoms with E-state index in [1.165, 1.54) is 36.3 Å². The van der Waals surface area contributed by atoms with E-state index in [-0.39, 0.29) is 28.9 Å². The van der Waals surface area contributed by atoms with E-state index in [9.17, 15) is 31.2 Å². The van der Waals surface area contributed by atoms with E-state index in [0.717, 1.165) is 25.1 Å². The van der Waals surface area contributed by atoms with Gasteiger partial charge in [-0.15, -0.1) is 10.2 Å². The van der Waals surface area contributed by atoms with E-state index in [0.29, 0.717) is 41.4 Å². The Balaban J connectivity index is 1.19. The van der Waals surface area contributed by atoms with E-state index in [1.54, 1.807) is 29.2 Å². The second-order valence-corrected chi connectivity index (χ2v) is 14.4. The number of rotatable bonds is 5. The Hall–Kier alpha value is -4.83. The number of hydrogen-bond donors (Lipinski definition) is 1. The molecule has 16 heteroatoms. The first-order valence-electron chi connectivity index (χ1n) is 15.0. The molecule has 3 fully saturated rings. The van der Waals surface area contributed by atoms with Crippen molar-refractivity contribution >= 4 is 27.5 Å². The van der Waals surface area contributed by atoms with Gasteiger partial charge in [0.1, 0.15) is 0 Å². The summed E-state index contributed by atoms with van der Waals surface area (Å²) >= 11 is 0. The van der Waals surface area contributed by atoms with Crippen molar-refractivity contribution < 1.29 is 40.3 Å². The van der Waals surface area contributed by atoms with E-state index in [4.69, 9.17) is 14.9 Å². The predicted octanol–water partition coefficient (Wildman–Crippen LogP) is 4.20. The molecule has 4 aliphatic rings. The third-order valence-electron chi connectivity index (χ3n) is 9.14. The van der Waals surface area contributed by atoms with Crippen molar-refractivity contribution in [3.8, 4) is 22.7 Å². The minimum atomic E-state index is -4.51. The summed E-state index contributed by atoms with van der Waals surface area (Å²) in [5.74, 6) is -0.429. The predicted molar refractivity (Wildman–Crippen MR) is 164 cm³/mol. The van der Waals surface area contributed by atoms with Gasteiger partial charge in [0.25, 0.3) is 0 Å². The number of anilines is 1. The number of amides is 2. The number of sulfone groups is 1. The van der Waals surface area contributed by atoms with Gasteiger partial charge in [-0.05, 0) is 54.7 Å². The number of benzene rings is 2. The quantitative estimate of drug-likeness (QED) is 0.323. The molecule has 4 aromatic rings. The van der Waals surface area contributed by atoms with Crippen molar-refractivity contribution in [1.29, 1.82) is 0 Å². The molecular formula is C32H29F3N6O6S. The maximum atomic E-state index is 13.6. The molecule has 2 saturated heterocycles. The monoisotopic (exact) mass is 682 g/mol. The highest BCUT2D eigenvalue weighted by Crippen LogP contribution is 2.52. The van der Waals surface area contributed by atoms with Gasteiger partial charge in [-0.3, -0.25) is 9.78 Å². The summed E-state index contributed by atoms with van der Waals surface area (Å²) in [4.78, 5) is 32.5. The van der Waals surface area contributed by atoms with Gasteiger partial charge in [0, 0.05) is 30.4 Å². The number of carbonyl (C=O) groups excluding carboxylic acids is 2. The SMILES string of the molecule is COC(=O)N1CC2CC(c3nnc(-c4ccc5c(c4)N(Cc4ccc(-c6ccc(C(F)(F)F)cn6)cc4)C(=O)[C@@H](N)CS5(=O)=O)o3)(C2)C1. The summed E-state index contributed by atoms with van der Waals surface area (Å²) < 4.78 is 76.5. The molecule has 250 valence electrons. The van der Waals surface area contributed by atoms with Gasteiger partial charge in [-0.25, -0.2) is 13.2 Å². The molecule has 1 aliphatic carbocycles. The van der Waals surface area contributed by atoms with Crippen LogP contribution in [0, 0.1) is 5.92 Å². The summed E-state index contributed by atoms with van der Waals surface area (Å²) in [6, 6.07) is 12.0. The molecule has 1 atom stereocenters. The van der Waals surface area contributed by atoms with Gasteiger partial charge in [0.05, 0.1) is 52.7 Å². The largest absolute Gasteiger partial charge is 0.453 e. The molecule has 48 heavy (non-hydrogen) atoms. The lowest BCUT2D eigenvalue weighted by Crippen LogP contribution is -2.60. The number of piperidine rings is 2. The Morgan fingerprint density at radius 2 is 1.81 bits per heavy atom. The van der Waals surface area contributed by atoms with Crippen molar-refractivity contribution in [3.63, 3.8) is 0 Å². The molecule has 8 rings (SSSR count). The number of fused-ring (bicyclic) bond motifs is 3. The van der Waals surface area contributed by atoms with Crippen LogP contribution in [-0.4, -0.2) is 72.5 Å². The fraction of sp³-hybridized carbons (Fsp3) is 0.344. The molecule has 2 aromatic carbocycles. The summed E-state index contributed by atoms with van der Waals surface area (Å²) in [6.45, 7) is 0.908. The number of hydrogen-bond acceptors (Lipinski definition) is 10. The van der Waals surface area contributed by atoms with Gasteiger partial charge in [-0.1, -0.05) is 24.3 Å². The van der Waals surface area contributed by atoms with Crippen LogP contribution in [0.3, 0.4) is 0 Å². The Bertz CT molecular complexity index is 2010. The summed E-state index contributed by atoms with van der Waals surface area (Å²) in [7, 11) is -2.64. The first-order chi connectivity index (χ1) is 22.8. The number of alkyl halides is 3. The molecule has 0 unspecified atom stereocenters. The summed E-state index contributed by atoms with van der Waals surface area (Å²) in [5.41, 5.74) is 6.67. The number of methoxy groups -OCH3 is 1. The van der Waals surface area contributed by atoms with Crippen LogP contribution in [0.2, 0.25) is 0 Å². The zero-order valence-corrected chi connectivity index (χ0v) is 26.3. The third kappa shape index (κ3) is 5.57. The molecule has 1 saturated carbocycles. The number of aromatic nitrogens is 3. The van der Waals surface area contributed by atoms with Crippen LogP contribution < -0.4 is 10.6 Å². The molecule has 3 aliphatic heterocycles. The Morgan fingerprint density at radius 1 is 1.08 bits per heavy atom. The second kappa shape index (κ2) is 11.4. The zero-order chi connectivity index (χ0) is 34.0. The lowest BCUT2D eigenvalue weighted by atomic mass is 9.58. The van der Waals surface area contributed by atoms with Crippen molar-refractivity contribution in [3.05, 3.63) is 77.8 Å². The third-order valence-corrected chi connectivity index (χ3v) is 11.0. The molecule has 2 bridgehead atoms. The fourth-order valence-electron chi connectivity index (χ4n) is 6.81. The maximum absolute atomic E-state index is 13.6. The van der Waals surface area contributed by atoms with Gasteiger partial charge < -0.3 is 24.7 Å². The molecule has 2 N–H and O–H groups in total. The highest BCUT2D eigenvalue weighted by molar-refractivity contribution is 7.91. The Morgan fingerprint density at radius 3 is 2.48 bits per heavy atom. The lowest BCUT2D eigenvalue weighted by Gasteiger charge is -2.53. The topological polar surface area (TPSA) is 162 Å². The van der Waals surface area contributed by atoms with E-state index >= 15 is 0 Å². The first kappa shape index (κ1) is 31.8. The van der Waals surface area contributed by atoms with Crippen molar-refractivity contribution in [2.75, 3.05) is 30.9 Å². The molecule has 0 radical (unpaired) electrons. The normalized spacial score (nSPS) is 23.2. The number of carbonyl (C=O) groups is 2. The molecule has 5 heterocycles. The minimum absolute atomic E-state index is 0.0534.